The van der Waals surface area contributed by atoms with Gasteiger partial charge >= 0.3 is 0 Å². The Labute approximate surface area is 109 Å². The lowest BCUT2D eigenvalue weighted by Gasteiger charge is -2.11. The first-order valence-corrected chi connectivity index (χ1v) is 8.14. The molecule has 90 valence electrons. The van der Waals surface area contributed by atoms with E-state index in [1.54, 1.807) is 6.07 Å². The van der Waals surface area contributed by atoms with Gasteiger partial charge in [0.2, 0.25) is 0 Å². The number of rotatable bonds is 5. The first kappa shape index (κ1) is 13.8. The highest BCUT2D eigenvalue weighted by Gasteiger charge is 2.09. The molecule has 0 unspecified atom stereocenters. The minimum atomic E-state index is -3.01. The van der Waals surface area contributed by atoms with Crippen LogP contribution in [-0.4, -0.2) is 27.0 Å². The monoisotopic (exact) mass is 326 g/mol. The van der Waals surface area contributed by atoms with Gasteiger partial charge in [-0.3, -0.25) is 0 Å². The van der Waals surface area contributed by atoms with Gasteiger partial charge < -0.3 is 4.74 Å². The Balaban J connectivity index is 2.73. The second-order valence-electron chi connectivity index (χ2n) is 3.34. The van der Waals surface area contributed by atoms with E-state index in [0.29, 0.717) is 16.1 Å². The lowest BCUT2D eigenvalue weighted by Crippen LogP contribution is -2.12. The summed E-state index contributed by atoms with van der Waals surface area (Å²) < 4.78 is 27.3. The summed E-state index contributed by atoms with van der Waals surface area (Å²) in [5.41, 5.74) is 0.904. The van der Waals surface area contributed by atoms with Crippen LogP contribution in [0.15, 0.2) is 18.2 Å². The summed E-state index contributed by atoms with van der Waals surface area (Å²) in [4.78, 5) is 0. The van der Waals surface area contributed by atoms with E-state index in [4.69, 9.17) is 16.3 Å². The van der Waals surface area contributed by atoms with Crippen LogP contribution in [-0.2, 0) is 15.2 Å². The number of ether oxygens (including phenoxy) is 1. The summed E-state index contributed by atoms with van der Waals surface area (Å²) in [6, 6.07) is 5.41. The van der Waals surface area contributed by atoms with E-state index in [9.17, 15) is 8.42 Å². The van der Waals surface area contributed by atoms with Crippen molar-refractivity contribution in [2.24, 2.45) is 0 Å². The minimum Gasteiger partial charge on any atom is -0.491 e. The highest BCUT2D eigenvalue weighted by atomic mass is 79.9. The van der Waals surface area contributed by atoms with Gasteiger partial charge in [-0.2, -0.15) is 0 Å². The van der Waals surface area contributed by atoms with Crippen LogP contribution in [0.4, 0.5) is 0 Å². The summed E-state index contributed by atoms with van der Waals surface area (Å²) >= 11 is 9.28. The number of hydrogen-bond donors (Lipinski definition) is 0. The van der Waals surface area contributed by atoms with E-state index < -0.39 is 9.84 Å². The molecule has 0 atom stereocenters. The van der Waals surface area contributed by atoms with Gasteiger partial charge in [0.15, 0.2) is 9.84 Å². The van der Waals surface area contributed by atoms with Crippen LogP contribution in [0.3, 0.4) is 0 Å². The van der Waals surface area contributed by atoms with Gasteiger partial charge in [0, 0.05) is 17.1 Å². The Bertz CT molecular complexity index is 459. The predicted octanol–water partition coefficient (Wildman–Crippen LogP) is 2.66. The molecule has 1 rings (SSSR count). The fourth-order valence-electron chi connectivity index (χ4n) is 1.12. The van der Waals surface area contributed by atoms with E-state index >= 15 is 0 Å². The van der Waals surface area contributed by atoms with Crippen LogP contribution in [0, 0.1) is 0 Å². The van der Waals surface area contributed by atoms with E-state index in [1.165, 1.54) is 6.26 Å². The van der Waals surface area contributed by atoms with Crippen molar-refractivity contribution in [3.8, 4) is 5.75 Å². The summed E-state index contributed by atoms with van der Waals surface area (Å²) in [6.45, 7) is 0.114. The van der Waals surface area contributed by atoms with Gasteiger partial charge in [-0.25, -0.2) is 8.42 Å². The quantitative estimate of drug-likeness (QED) is 0.781. The number of para-hydroxylation sites is 1. The third kappa shape index (κ3) is 4.31. The fourth-order valence-corrected chi connectivity index (χ4v) is 2.19. The van der Waals surface area contributed by atoms with Crippen molar-refractivity contribution in [2.45, 2.75) is 5.33 Å². The van der Waals surface area contributed by atoms with Crippen molar-refractivity contribution in [3.63, 3.8) is 0 Å². The molecule has 0 aliphatic heterocycles. The average Bonchev–Trinajstić information content (AvgIpc) is 2.18. The van der Waals surface area contributed by atoms with Crippen molar-refractivity contribution >= 4 is 37.4 Å². The van der Waals surface area contributed by atoms with Crippen LogP contribution in [0.25, 0.3) is 0 Å². The Morgan fingerprint density at radius 2 is 2.12 bits per heavy atom. The third-order valence-electron chi connectivity index (χ3n) is 1.89. The topological polar surface area (TPSA) is 43.4 Å². The van der Waals surface area contributed by atoms with Crippen molar-refractivity contribution in [1.82, 2.24) is 0 Å². The predicted molar refractivity (Wildman–Crippen MR) is 69.3 cm³/mol. The maximum atomic E-state index is 10.9. The Kier molecular flexibility index (Phi) is 5.08. The molecular weight excluding hydrogens is 316 g/mol. The molecule has 0 aliphatic rings. The van der Waals surface area contributed by atoms with E-state index in [-0.39, 0.29) is 12.4 Å². The molecule has 0 saturated heterocycles. The second kappa shape index (κ2) is 5.89. The molecule has 6 heteroatoms. The summed E-state index contributed by atoms with van der Waals surface area (Å²) in [7, 11) is -3.01. The van der Waals surface area contributed by atoms with Crippen LogP contribution in [0.5, 0.6) is 5.75 Å². The Hall–Kier alpha value is -0.260. The zero-order chi connectivity index (χ0) is 12.2. The van der Waals surface area contributed by atoms with Crippen LogP contribution >= 0.6 is 27.5 Å². The highest BCUT2D eigenvalue weighted by Crippen LogP contribution is 2.30. The molecular formula is C10H12BrClO3S. The molecule has 0 saturated carbocycles. The molecule has 0 spiro atoms. The number of hydrogen-bond acceptors (Lipinski definition) is 3. The van der Waals surface area contributed by atoms with Gasteiger partial charge in [-0.05, 0) is 6.07 Å². The molecule has 1 aromatic carbocycles. The molecule has 0 N–H and O–H groups in total. The average molecular weight is 328 g/mol. The van der Waals surface area contributed by atoms with Gasteiger partial charge in [0.05, 0.1) is 10.8 Å². The molecule has 16 heavy (non-hydrogen) atoms. The molecule has 3 nitrogen and oxygen atoms in total. The zero-order valence-electron chi connectivity index (χ0n) is 8.74. The molecule has 1 aromatic rings. The third-order valence-corrected chi connectivity index (χ3v) is 3.70. The summed E-state index contributed by atoms with van der Waals surface area (Å²) in [6.07, 6.45) is 1.17. The number of alkyl halides is 1. The van der Waals surface area contributed by atoms with E-state index in [2.05, 4.69) is 15.9 Å². The van der Waals surface area contributed by atoms with Crippen molar-refractivity contribution in [3.05, 3.63) is 28.8 Å². The molecule has 0 aliphatic carbocycles. The summed E-state index contributed by atoms with van der Waals surface area (Å²) in [5, 5.41) is 1.10. The molecule has 0 heterocycles. The molecule has 0 aromatic heterocycles. The highest BCUT2D eigenvalue weighted by molar-refractivity contribution is 9.08. The SMILES string of the molecule is CS(=O)(=O)CCOc1c(Cl)cccc1CBr. The van der Waals surface area contributed by atoms with E-state index in [0.717, 1.165) is 5.56 Å². The van der Waals surface area contributed by atoms with Crippen molar-refractivity contribution in [1.29, 1.82) is 0 Å². The Morgan fingerprint density at radius 1 is 1.44 bits per heavy atom. The standard InChI is InChI=1S/C10H12BrClO3S/c1-16(13,14)6-5-15-10-8(7-11)3-2-4-9(10)12/h2-4H,5-7H2,1H3. The van der Waals surface area contributed by atoms with Crippen LogP contribution in [0.1, 0.15) is 5.56 Å². The summed E-state index contributed by atoms with van der Waals surface area (Å²) in [5.74, 6) is 0.532. The molecule has 0 amide bonds. The maximum Gasteiger partial charge on any atom is 0.150 e. The number of benzene rings is 1. The van der Waals surface area contributed by atoms with Crippen molar-refractivity contribution in [2.75, 3.05) is 18.6 Å². The lowest BCUT2D eigenvalue weighted by molar-refractivity contribution is 0.339. The minimum absolute atomic E-state index is 0.0139. The fraction of sp³-hybridized carbons (Fsp3) is 0.400. The van der Waals surface area contributed by atoms with Gasteiger partial charge in [0.1, 0.15) is 12.4 Å². The first-order valence-electron chi connectivity index (χ1n) is 4.58. The van der Waals surface area contributed by atoms with Gasteiger partial charge in [-0.15, -0.1) is 0 Å². The van der Waals surface area contributed by atoms with Crippen LogP contribution < -0.4 is 4.74 Å². The largest absolute Gasteiger partial charge is 0.491 e. The smallest absolute Gasteiger partial charge is 0.150 e. The van der Waals surface area contributed by atoms with Gasteiger partial charge in [-0.1, -0.05) is 39.7 Å². The van der Waals surface area contributed by atoms with E-state index in [1.807, 2.05) is 12.1 Å². The lowest BCUT2D eigenvalue weighted by atomic mass is 10.2. The van der Waals surface area contributed by atoms with Crippen molar-refractivity contribution < 1.29 is 13.2 Å². The number of halogens is 2. The van der Waals surface area contributed by atoms with Crippen LogP contribution in [0.2, 0.25) is 5.02 Å². The zero-order valence-corrected chi connectivity index (χ0v) is 11.9. The first-order chi connectivity index (χ1) is 7.44. The normalized spacial score (nSPS) is 11.4. The molecule has 0 radical (unpaired) electrons. The maximum absolute atomic E-state index is 10.9. The van der Waals surface area contributed by atoms with Gasteiger partial charge in [0.25, 0.3) is 0 Å². The number of sulfone groups is 1. The second-order valence-corrected chi connectivity index (χ2v) is 6.57. The molecule has 0 fully saturated rings. The molecule has 0 bridgehead atoms. The Morgan fingerprint density at radius 3 is 2.69 bits per heavy atom.